The molecule has 6 nitrogen and oxygen atoms in total. The molecule has 0 unspecified atom stereocenters. The van der Waals surface area contributed by atoms with Gasteiger partial charge in [-0.15, -0.1) is 0 Å². The zero-order chi connectivity index (χ0) is 12.0. The monoisotopic (exact) mass is 225 g/mol. The van der Waals surface area contributed by atoms with E-state index in [1.807, 2.05) is 6.92 Å². The first-order chi connectivity index (χ1) is 7.72. The third-order valence-electron chi connectivity index (χ3n) is 2.32. The van der Waals surface area contributed by atoms with Crippen LogP contribution in [0, 0.1) is 6.92 Å². The number of nitrogen functional groups attached to an aromatic ring is 1. The molecule has 0 spiro atoms. The van der Waals surface area contributed by atoms with Gasteiger partial charge in [-0.2, -0.15) is 4.98 Å². The highest BCUT2D eigenvalue weighted by Crippen LogP contribution is 2.17. The number of hydrogen-bond acceptors (Lipinski definition) is 6. The lowest BCUT2D eigenvalue weighted by Crippen LogP contribution is -2.29. The summed E-state index contributed by atoms with van der Waals surface area (Å²) in [6.45, 7) is 6.39. The molecule has 0 aliphatic rings. The molecule has 0 aliphatic carbocycles. The maximum absolute atomic E-state index is 5.29. The van der Waals surface area contributed by atoms with E-state index in [1.54, 1.807) is 13.3 Å². The molecule has 0 bridgehead atoms. The summed E-state index contributed by atoms with van der Waals surface area (Å²) in [7, 11) is 1.69. The molecule has 3 N–H and O–H groups in total. The molecule has 1 rings (SSSR count). The van der Waals surface area contributed by atoms with Crippen molar-refractivity contribution in [2.45, 2.75) is 13.8 Å². The van der Waals surface area contributed by atoms with E-state index in [-0.39, 0.29) is 0 Å². The van der Waals surface area contributed by atoms with Gasteiger partial charge >= 0.3 is 0 Å². The number of aromatic nitrogens is 2. The van der Waals surface area contributed by atoms with Crippen LogP contribution < -0.4 is 16.2 Å². The SMILES string of the molecule is CCN(CCOC)c1nc(NN)ncc1C. The Bertz CT molecular complexity index is 331. The Balaban J connectivity index is 2.89. The molecule has 0 fully saturated rings. The Morgan fingerprint density at radius 3 is 2.88 bits per heavy atom. The average molecular weight is 225 g/mol. The van der Waals surface area contributed by atoms with Crippen LogP contribution in [0.1, 0.15) is 12.5 Å². The number of nitrogens with zero attached hydrogens (tertiary/aromatic N) is 3. The Kier molecular flexibility index (Phi) is 4.94. The van der Waals surface area contributed by atoms with E-state index in [4.69, 9.17) is 10.6 Å². The molecule has 0 aliphatic heterocycles. The maximum atomic E-state index is 5.29. The quantitative estimate of drug-likeness (QED) is 0.543. The number of ether oxygens (including phenoxy) is 1. The van der Waals surface area contributed by atoms with Gasteiger partial charge in [0.25, 0.3) is 0 Å². The molecule has 0 atom stereocenters. The largest absolute Gasteiger partial charge is 0.383 e. The topological polar surface area (TPSA) is 76.3 Å². The number of nitrogens with one attached hydrogen (secondary N) is 1. The number of nitrogens with two attached hydrogens (primary N) is 1. The van der Waals surface area contributed by atoms with Crippen molar-refractivity contribution in [2.24, 2.45) is 5.84 Å². The Labute approximate surface area is 95.8 Å². The highest BCUT2D eigenvalue weighted by atomic mass is 16.5. The molecule has 0 radical (unpaired) electrons. The third-order valence-corrected chi connectivity index (χ3v) is 2.32. The lowest BCUT2D eigenvalue weighted by Gasteiger charge is -2.23. The minimum Gasteiger partial charge on any atom is -0.383 e. The van der Waals surface area contributed by atoms with Gasteiger partial charge in [0.05, 0.1) is 6.61 Å². The van der Waals surface area contributed by atoms with Gasteiger partial charge in [-0.1, -0.05) is 0 Å². The molecule has 1 heterocycles. The van der Waals surface area contributed by atoms with Crippen LogP contribution in [-0.4, -0.2) is 36.8 Å². The summed E-state index contributed by atoms with van der Waals surface area (Å²) < 4.78 is 5.07. The van der Waals surface area contributed by atoms with Gasteiger partial charge in [0.2, 0.25) is 5.95 Å². The van der Waals surface area contributed by atoms with Crippen molar-refractivity contribution in [3.05, 3.63) is 11.8 Å². The minimum atomic E-state index is 0.427. The minimum absolute atomic E-state index is 0.427. The number of aryl methyl sites for hydroxylation is 1. The molecule has 90 valence electrons. The summed E-state index contributed by atoms with van der Waals surface area (Å²) in [5.74, 6) is 6.61. The maximum Gasteiger partial charge on any atom is 0.239 e. The van der Waals surface area contributed by atoms with Crippen LogP contribution in [0.15, 0.2) is 6.20 Å². The molecule has 6 heteroatoms. The van der Waals surface area contributed by atoms with E-state index >= 15 is 0 Å². The van der Waals surface area contributed by atoms with Crippen LogP contribution in [-0.2, 0) is 4.74 Å². The summed E-state index contributed by atoms with van der Waals surface area (Å²) in [4.78, 5) is 10.5. The smallest absolute Gasteiger partial charge is 0.239 e. The van der Waals surface area contributed by atoms with Crippen molar-refractivity contribution in [1.29, 1.82) is 0 Å². The molecule has 16 heavy (non-hydrogen) atoms. The number of likely N-dealkylation sites (N-methyl/N-ethyl adjacent to an activating group) is 1. The lowest BCUT2D eigenvalue weighted by atomic mass is 10.3. The van der Waals surface area contributed by atoms with Crippen LogP contribution in [0.25, 0.3) is 0 Å². The van der Waals surface area contributed by atoms with Gasteiger partial charge in [0.15, 0.2) is 0 Å². The fourth-order valence-corrected chi connectivity index (χ4v) is 1.44. The van der Waals surface area contributed by atoms with E-state index in [0.29, 0.717) is 12.6 Å². The van der Waals surface area contributed by atoms with Crippen molar-refractivity contribution in [1.82, 2.24) is 9.97 Å². The molecule has 0 saturated heterocycles. The first kappa shape index (κ1) is 12.7. The first-order valence-corrected chi connectivity index (χ1v) is 5.27. The number of hydrogen-bond donors (Lipinski definition) is 2. The summed E-state index contributed by atoms with van der Waals surface area (Å²) >= 11 is 0. The highest BCUT2D eigenvalue weighted by molar-refractivity contribution is 5.48. The molecule has 1 aromatic heterocycles. The Hall–Kier alpha value is -1.40. The molecule has 0 amide bonds. The zero-order valence-corrected chi connectivity index (χ0v) is 10.0. The van der Waals surface area contributed by atoms with Gasteiger partial charge in [-0.05, 0) is 13.8 Å². The number of rotatable bonds is 6. The number of hydrazine groups is 1. The summed E-state index contributed by atoms with van der Waals surface area (Å²) in [6, 6.07) is 0. The molecular weight excluding hydrogens is 206 g/mol. The average Bonchev–Trinajstić information content (AvgIpc) is 2.32. The predicted octanol–water partition coefficient (Wildman–Crippen LogP) is 0.543. The summed E-state index contributed by atoms with van der Waals surface area (Å²) in [6.07, 6.45) is 1.76. The normalized spacial score (nSPS) is 10.2. The van der Waals surface area contributed by atoms with Gasteiger partial charge < -0.3 is 9.64 Å². The van der Waals surface area contributed by atoms with Crippen molar-refractivity contribution in [3.8, 4) is 0 Å². The second-order valence-corrected chi connectivity index (χ2v) is 3.42. The van der Waals surface area contributed by atoms with Crippen LogP contribution in [0.3, 0.4) is 0 Å². The fraction of sp³-hybridized carbons (Fsp3) is 0.600. The van der Waals surface area contributed by atoms with E-state index < -0.39 is 0 Å². The second kappa shape index (κ2) is 6.24. The Morgan fingerprint density at radius 2 is 2.31 bits per heavy atom. The van der Waals surface area contributed by atoms with E-state index in [0.717, 1.165) is 24.5 Å². The van der Waals surface area contributed by atoms with Crippen LogP contribution in [0.4, 0.5) is 11.8 Å². The molecule has 1 aromatic rings. The highest BCUT2D eigenvalue weighted by Gasteiger charge is 2.10. The van der Waals surface area contributed by atoms with Crippen molar-refractivity contribution < 1.29 is 4.74 Å². The number of anilines is 2. The zero-order valence-electron chi connectivity index (χ0n) is 10.0. The lowest BCUT2D eigenvalue weighted by molar-refractivity contribution is 0.205. The predicted molar refractivity (Wildman–Crippen MR) is 64.3 cm³/mol. The Morgan fingerprint density at radius 1 is 1.56 bits per heavy atom. The van der Waals surface area contributed by atoms with Gasteiger partial charge in [-0.25, -0.2) is 10.8 Å². The molecule has 0 saturated carbocycles. The van der Waals surface area contributed by atoms with Crippen LogP contribution in [0.5, 0.6) is 0 Å². The third kappa shape index (κ3) is 3.04. The molecule has 0 aromatic carbocycles. The van der Waals surface area contributed by atoms with Gasteiger partial charge in [-0.3, -0.25) is 5.43 Å². The first-order valence-electron chi connectivity index (χ1n) is 5.27. The standard InChI is InChI=1S/C10H19N5O/c1-4-15(5-6-16-3)9-8(2)7-12-10(13-9)14-11/h7H,4-6,11H2,1-3H3,(H,12,13,14). The van der Waals surface area contributed by atoms with Gasteiger partial charge in [0.1, 0.15) is 5.82 Å². The van der Waals surface area contributed by atoms with E-state index in [2.05, 4.69) is 27.2 Å². The van der Waals surface area contributed by atoms with Crippen molar-refractivity contribution in [3.63, 3.8) is 0 Å². The molecular formula is C10H19N5O. The number of methoxy groups -OCH3 is 1. The van der Waals surface area contributed by atoms with Crippen molar-refractivity contribution in [2.75, 3.05) is 37.1 Å². The van der Waals surface area contributed by atoms with Crippen LogP contribution in [0.2, 0.25) is 0 Å². The van der Waals surface area contributed by atoms with E-state index in [1.165, 1.54) is 0 Å². The summed E-state index contributed by atoms with van der Waals surface area (Å²) in [5.41, 5.74) is 3.47. The van der Waals surface area contributed by atoms with Crippen molar-refractivity contribution >= 4 is 11.8 Å². The second-order valence-electron chi connectivity index (χ2n) is 3.42. The van der Waals surface area contributed by atoms with Crippen LogP contribution >= 0.6 is 0 Å². The fourth-order valence-electron chi connectivity index (χ4n) is 1.44. The summed E-state index contributed by atoms with van der Waals surface area (Å²) in [5, 5.41) is 0. The van der Waals surface area contributed by atoms with E-state index in [9.17, 15) is 0 Å². The van der Waals surface area contributed by atoms with Gasteiger partial charge in [0, 0.05) is 32.0 Å².